The normalized spacial score (nSPS) is 21.1. The third-order valence-corrected chi connectivity index (χ3v) is 3.35. The number of fused-ring (bicyclic) bond motifs is 1. The Hall–Kier alpha value is -2.31. The number of aliphatic hydroxyl groups is 1. The van der Waals surface area contributed by atoms with E-state index in [1.807, 2.05) is 30.3 Å². The highest BCUT2D eigenvalue weighted by atomic mass is 16.5. The molecule has 0 bridgehead atoms. The molecule has 0 radical (unpaired) electrons. The van der Waals surface area contributed by atoms with Crippen LogP contribution in [0, 0.1) is 11.3 Å². The molecule has 3 nitrogen and oxygen atoms in total. The molecule has 2 aromatic rings. The molecular formula is C16H13NO2. The van der Waals surface area contributed by atoms with Gasteiger partial charge >= 0.3 is 0 Å². The third kappa shape index (κ3) is 2.18. The monoisotopic (exact) mass is 251 g/mol. The van der Waals surface area contributed by atoms with Crippen LogP contribution in [-0.2, 0) is 6.42 Å². The average Bonchev–Trinajstić information content (AvgIpc) is 2.47. The highest BCUT2D eigenvalue weighted by Gasteiger charge is 2.29. The summed E-state index contributed by atoms with van der Waals surface area (Å²) in [6.07, 6.45) is -0.435. The van der Waals surface area contributed by atoms with E-state index in [0.717, 1.165) is 16.9 Å². The van der Waals surface area contributed by atoms with Crippen LogP contribution < -0.4 is 4.74 Å². The second kappa shape index (κ2) is 4.75. The Bertz CT molecular complexity index is 631. The highest BCUT2D eigenvalue weighted by molar-refractivity contribution is 5.44. The molecule has 2 atom stereocenters. The van der Waals surface area contributed by atoms with Crippen LogP contribution in [0.4, 0.5) is 0 Å². The first-order valence-corrected chi connectivity index (χ1v) is 6.20. The standard InChI is InChI=1S/C16H13NO2/c17-10-11-6-7-15-13(8-11)9-14(18)16(19-15)12-4-2-1-3-5-12/h1-8,14,16,18H,9H2/t14-,16+/m0/s1. The van der Waals surface area contributed by atoms with E-state index < -0.39 is 6.10 Å². The molecule has 0 saturated heterocycles. The molecule has 0 aromatic heterocycles. The minimum atomic E-state index is -0.594. The van der Waals surface area contributed by atoms with Gasteiger partial charge in [0.2, 0.25) is 0 Å². The van der Waals surface area contributed by atoms with Crippen molar-refractivity contribution < 1.29 is 9.84 Å². The molecule has 2 aromatic carbocycles. The lowest BCUT2D eigenvalue weighted by molar-refractivity contribution is 0.0208. The first-order valence-electron chi connectivity index (χ1n) is 6.20. The Morgan fingerprint density at radius 3 is 2.68 bits per heavy atom. The minimum Gasteiger partial charge on any atom is -0.483 e. The lowest BCUT2D eigenvalue weighted by Gasteiger charge is -2.31. The molecule has 94 valence electrons. The van der Waals surface area contributed by atoms with Crippen molar-refractivity contribution in [1.29, 1.82) is 5.26 Å². The average molecular weight is 251 g/mol. The maximum absolute atomic E-state index is 10.2. The first kappa shape index (κ1) is 11.8. The van der Waals surface area contributed by atoms with Gasteiger partial charge in [0, 0.05) is 6.42 Å². The molecule has 3 heteroatoms. The number of hydrogen-bond donors (Lipinski definition) is 1. The number of hydrogen-bond acceptors (Lipinski definition) is 3. The molecule has 1 N–H and O–H groups in total. The van der Waals surface area contributed by atoms with Crippen molar-refractivity contribution >= 4 is 0 Å². The third-order valence-electron chi connectivity index (χ3n) is 3.35. The van der Waals surface area contributed by atoms with Crippen LogP contribution in [0.1, 0.15) is 22.8 Å². The van der Waals surface area contributed by atoms with Gasteiger partial charge in [-0.1, -0.05) is 30.3 Å². The van der Waals surface area contributed by atoms with Crippen molar-refractivity contribution in [2.75, 3.05) is 0 Å². The lowest BCUT2D eigenvalue weighted by atomic mass is 9.94. The Labute approximate surface area is 111 Å². The zero-order chi connectivity index (χ0) is 13.2. The van der Waals surface area contributed by atoms with Crippen molar-refractivity contribution in [1.82, 2.24) is 0 Å². The number of benzene rings is 2. The Morgan fingerprint density at radius 2 is 1.95 bits per heavy atom. The fourth-order valence-electron chi connectivity index (χ4n) is 2.40. The summed E-state index contributed by atoms with van der Waals surface area (Å²) >= 11 is 0. The van der Waals surface area contributed by atoms with Gasteiger partial charge in [0.05, 0.1) is 17.7 Å². The predicted molar refractivity (Wildman–Crippen MR) is 70.7 cm³/mol. The number of nitriles is 1. The van der Waals surface area contributed by atoms with Crippen molar-refractivity contribution in [2.24, 2.45) is 0 Å². The molecule has 1 heterocycles. The quantitative estimate of drug-likeness (QED) is 0.847. The Balaban J connectivity index is 1.95. The molecule has 0 unspecified atom stereocenters. The van der Waals surface area contributed by atoms with E-state index in [2.05, 4.69) is 6.07 Å². The summed E-state index contributed by atoms with van der Waals surface area (Å²) in [5.74, 6) is 0.748. The summed E-state index contributed by atoms with van der Waals surface area (Å²) in [6, 6.07) is 17.1. The van der Waals surface area contributed by atoms with Crippen molar-refractivity contribution in [2.45, 2.75) is 18.6 Å². The van der Waals surface area contributed by atoms with E-state index in [1.165, 1.54) is 0 Å². The second-order valence-corrected chi connectivity index (χ2v) is 4.65. The van der Waals surface area contributed by atoms with E-state index in [1.54, 1.807) is 18.2 Å². The van der Waals surface area contributed by atoms with Gasteiger partial charge in [0.1, 0.15) is 11.9 Å². The van der Waals surface area contributed by atoms with Gasteiger partial charge in [-0.3, -0.25) is 0 Å². The van der Waals surface area contributed by atoms with Gasteiger partial charge in [-0.25, -0.2) is 0 Å². The molecule has 0 amide bonds. The van der Waals surface area contributed by atoms with Crippen LogP contribution in [-0.4, -0.2) is 11.2 Å². The summed E-state index contributed by atoms with van der Waals surface area (Å²) in [5, 5.41) is 19.1. The van der Waals surface area contributed by atoms with Gasteiger partial charge in [-0.15, -0.1) is 0 Å². The summed E-state index contributed by atoms with van der Waals surface area (Å²) < 4.78 is 5.87. The van der Waals surface area contributed by atoms with Crippen LogP contribution in [0.3, 0.4) is 0 Å². The van der Waals surface area contributed by atoms with Gasteiger partial charge in [0.15, 0.2) is 0 Å². The molecule has 0 fully saturated rings. The van der Waals surface area contributed by atoms with Crippen molar-refractivity contribution in [3.05, 3.63) is 65.2 Å². The summed E-state index contributed by atoms with van der Waals surface area (Å²) in [4.78, 5) is 0. The van der Waals surface area contributed by atoms with Crippen molar-refractivity contribution in [3.8, 4) is 11.8 Å². The summed E-state index contributed by atoms with van der Waals surface area (Å²) in [6.45, 7) is 0. The largest absolute Gasteiger partial charge is 0.483 e. The predicted octanol–water partition coefficient (Wildman–Crippen LogP) is 2.60. The minimum absolute atomic E-state index is 0.346. The smallest absolute Gasteiger partial charge is 0.150 e. The van der Waals surface area contributed by atoms with Crippen LogP contribution in [0.15, 0.2) is 48.5 Å². The lowest BCUT2D eigenvalue weighted by Crippen LogP contribution is -2.30. The molecule has 3 rings (SSSR count). The van der Waals surface area contributed by atoms with Gasteiger partial charge in [0.25, 0.3) is 0 Å². The summed E-state index contributed by atoms with van der Waals surface area (Å²) in [7, 11) is 0. The zero-order valence-electron chi connectivity index (χ0n) is 10.3. The van der Waals surface area contributed by atoms with E-state index in [-0.39, 0.29) is 6.10 Å². The number of aliphatic hydroxyl groups excluding tert-OH is 1. The fraction of sp³-hybridized carbons (Fsp3) is 0.188. The van der Waals surface area contributed by atoms with E-state index in [4.69, 9.17) is 10.00 Å². The van der Waals surface area contributed by atoms with Crippen molar-refractivity contribution in [3.63, 3.8) is 0 Å². The molecule has 0 saturated carbocycles. The summed E-state index contributed by atoms with van der Waals surface area (Å²) in [5.41, 5.74) is 2.44. The van der Waals surface area contributed by atoms with E-state index in [0.29, 0.717) is 12.0 Å². The van der Waals surface area contributed by atoms with Crippen LogP contribution in [0.5, 0.6) is 5.75 Å². The Morgan fingerprint density at radius 1 is 1.16 bits per heavy atom. The molecule has 19 heavy (non-hydrogen) atoms. The molecule has 0 spiro atoms. The Kier molecular flexibility index (Phi) is 2.94. The zero-order valence-corrected chi connectivity index (χ0v) is 10.3. The van der Waals surface area contributed by atoms with Crippen LogP contribution in [0.25, 0.3) is 0 Å². The molecule has 1 aliphatic heterocycles. The maximum Gasteiger partial charge on any atom is 0.150 e. The second-order valence-electron chi connectivity index (χ2n) is 4.65. The van der Waals surface area contributed by atoms with Gasteiger partial charge < -0.3 is 9.84 Å². The highest BCUT2D eigenvalue weighted by Crippen LogP contribution is 2.35. The number of nitrogens with zero attached hydrogens (tertiary/aromatic N) is 1. The fourth-order valence-corrected chi connectivity index (χ4v) is 2.40. The maximum atomic E-state index is 10.2. The van der Waals surface area contributed by atoms with Gasteiger partial charge in [-0.05, 0) is 29.3 Å². The van der Waals surface area contributed by atoms with Crippen LogP contribution >= 0.6 is 0 Å². The molecule has 0 aliphatic carbocycles. The topological polar surface area (TPSA) is 53.2 Å². The van der Waals surface area contributed by atoms with Gasteiger partial charge in [-0.2, -0.15) is 5.26 Å². The number of ether oxygens (including phenoxy) is 1. The molecular weight excluding hydrogens is 238 g/mol. The van der Waals surface area contributed by atoms with Crippen LogP contribution in [0.2, 0.25) is 0 Å². The first-order chi connectivity index (χ1) is 9.28. The number of rotatable bonds is 1. The molecule has 1 aliphatic rings. The van der Waals surface area contributed by atoms with E-state index >= 15 is 0 Å². The van der Waals surface area contributed by atoms with E-state index in [9.17, 15) is 5.11 Å². The SMILES string of the molecule is N#Cc1ccc2c(c1)C[C@H](O)[C@@H](c1ccccc1)O2.